The number of rotatable bonds is 4. The van der Waals surface area contributed by atoms with Crippen LogP contribution >= 0.6 is 0 Å². The Balaban J connectivity index is 3.00. The molecule has 1 rings (SSSR count). The second-order valence-corrected chi connectivity index (χ2v) is 6.34. The van der Waals surface area contributed by atoms with Crippen LogP contribution in [0, 0.1) is 5.92 Å². The Hall–Kier alpha value is -1.06. The predicted octanol–water partition coefficient (Wildman–Crippen LogP) is 1.94. The second kappa shape index (κ2) is 4.90. The van der Waals surface area contributed by atoms with E-state index in [0.717, 1.165) is 6.42 Å². The minimum absolute atomic E-state index is 0.0373. The summed E-state index contributed by atoms with van der Waals surface area (Å²) in [6, 6.07) is 0. The first-order chi connectivity index (χ1) is 8.15. The lowest BCUT2D eigenvalue weighted by Gasteiger charge is -2.48. The highest BCUT2D eigenvalue weighted by molar-refractivity contribution is 6.01. The fraction of sp³-hybridized carbons (Fsp3) is 0.857. The third kappa shape index (κ3) is 2.52. The monoisotopic (exact) mass is 254 g/mol. The van der Waals surface area contributed by atoms with E-state index in [1.807, 2.05) is 27.7 Å². The fourth-order valence-corrected chi connectivity index (χ4v) is 2.14. The average Bonchev–Trinajstić information content (AvgIpc) is 2.26. The molecule has 18 heavy (non-hydrogen) atoms. The highest BCUT2D eigenvalue weighted by atomic mass is 16.2. The molecule has 0 aromatic rings. The third-order valence-electron chi connectivity index (χ3n) is 3.97. The van der Waals surface area contributed by atoms with Gasteiger partial charge in [0.1, 0.15) is 11.1 Å². The van der Waals surface area contributed by atoms with Gasteiger partial charge in [-0.15, -0.1) is 0 Å². The number of nitrogens with zero attached hydrogens (tertiary/aromatic N) is 1. The SMILES string of the molecule is CCC1(C)NC(=O)C(C)(C)N(CCC(C)C)C1=O. The molecule has 1 fully saturated rings. The maximum atomic E-state index is 12.6. The van der Waals surface area contributed by atoms with Gasteiger partial charge in [0.15, 0.2) is 0 Å². The van der Waals surface area contributed by atoms with Crippen molar-refractivity contribution < 1.29 is 9.59 Å². The summed E-state index contributed by atoms with van der Waals surface area (Å²) in [5.41, 5.74) is -1.50. The number of hydrogen-bond donors (Lipinski definition) is 1. The minimum Gasteiger partial charge on any atom is -0.340 e. The molecule has 104 valence electrons. The van der Waals surface area contributed by atoms with Crippen LogP contribution in [0.2, 0.25) is 0 Å². The van der Waals surface area contributed by atoms with Crippen LogP contribution in [0.4, 0.5) is 0 Å². The topological polar surface area (TPSA) is 49.4 Å². The standard InChI is InChI=1S/C14H26N2O2/c1-7-14(6)12(18)16(9-8-10(2)3)13(4,5)11(17)15-14/h10H,7-9H2,1-6H3,(H,15,17). The van der Waals surface area contributed by atoms with Crippen LogP contribution in [0.15, 0.2) is 0 Å². The van der Waals surface area contributed by atoms with E-state index in [-0.39, 0.29) is 11.8 Å². The van der Waals surface area contributed by atoms with Gasteiger partial charge in [-0.05, 0) is 39.5 Å². The molecule has 0 radical (unpaired) electrons. The summed E-state index contributed by atoms with van der Waals surface area (Å²) in [6.45, 7) is 12.3. The van der Waals surface area contributed by atoms with Crippen LogP contribution < -0.4 is 5.32 Å². The van der Waals surface area contributed by atoms with Crippen molar-refractivity contribution in [2.24, 2.45) is 5.92 Å². The summed E-state index contributed by atoms with van der Waals surface area (Å²) in [5, 5.41) is 2.87. The average molecular weight is 254 g/mol. The van der Waals surface area contributed by atoms with E-state index in [2.05, 4.69) is 19.2 Å². The van der Waals surface area contributed by atoms with E-state index in [4.69, 9.17) is 0 Å². The molecule has 1 aliphatic rings. The highest BCUT2D eigenvalue weighted by Crippen LogP contribution is 2.28. The van der Waals surface area contributed by atoms with Crippen molar-refractivity contribution in [3.05, 3.63) is 0 Å². The summed E-state index contributed by atoms with van der Waals surface area (Å²) < 4.78 is 0. The van der Waals surface area contributed by atoms with Gasteiger partial charge in [0.2, 0.25) is 11.8 Å². The maximum Gasteiger partial charge on any atom is 0.248 e. The molecule has 0 aliphatic carbocycles. The fourth-order valence-electron chi connectivity index (χ4n) is 2.14. The lowest BCUT2D eigenvalue weighted by molar-refractivity contribution is -0.160. The molecule has 1 heterocycles. The summed E-state index contributed by atoms with van der Waals surface area (Å²) in [7, 11) is 0. The van der Waals surface area contributed by atoms with Crippen molar-refractivity contribution >= 4 is 11.8 Å². The molecule has 0 bridgehead atoms. The Morgan fingerprint density at radius 1 is 1.22 bits per heavy atom. The van der Waals surface area contributed by atoms with Gasteiger partial charge in [-0.25, -0.2) is 0 Å². The maximum absolute atomic E-state index is 12.6. The van der Waals surface area contributed by atoms with E-state index in [1.54, 1.807) is 4.90 Å². The van der Waals surface area contributed by atoms with Crippen molar-refractivity contribution in [3.8, 4) is 0 Å². The number of hydrogen-bond acceptors (Lipinski definition) is 2. The molecule has 4 heteroatoms. The first kappa shape index (κ1) is 15.0. The summed E-state index contributed by atoms with van der Waals surface area (Å²) in [5.74, 6) is 0.497. The Bertz CT molecular complexity index is 350. The lowest BCUT2D eigenvalue weighted by Crippen LogP contribution is -2.73. The van der Waals surface area contributed by atoms with E-state index in [0.29, 0.717) is 18.9 Å². The van der Waals surface area contributed by atoms with Crippen LogP contribution in [0.3, 0.4) is 0 Å². The minimum atomic E-state index is -0.749. The Morgan fingerprint density at radius 2 is 1.78 bits per heavy atom. The molecule has 1 N–H and O–H groups in total. The van der Waals surface area contributed by atoms with E-state index >= 15 is 0 Å². The molecule has 0 aromatic heterocycles. The number of carbonyl (C=O) groups is 2. The van der Waals surface area contributed by atoms with E-state index in [9.17, 15) is 9.59 Å². The van der Waals surface area contributed by atoms with Gasteiger partial charge in [0.25, 0.3) is 0 Å². The largest absolute Gasteiger partial charge is 0.340 e. The third-order valence-corrected chi connectivity index (χ3v) is 3.97. The summed E-state index contributed by atoms with van der Waals surface area (Å²) >= 11 is 0. The number of piperazine rings is 1. The van der Waals surface area contributed by atoms with E-state index < -0.39 is 11.1 Å². The zero-order valence-electron chi connectivity index (χ0n) is 12.5. The van der Waals surface area contributed by atoms with Gasteiger partial charge in [-0.3, -0.25) is 9.59 Å². The lowest BCUT2D eigenvalue weighted by atomic mass is 9.86. The first-order valence-corrected chi connectivity index (χ1v) is 6.80. The molecule has 0 spiro atoms. The summed E-state index contributed by atoms with van der Waals surface area (Å²) in [4.78, 5) is 26.5. The van der Waals surface area contributed by atoms with Crippen LogP contribution in [-0.2, 0) is 9.59 Å². The molecule has 1 atom stereocenters. The molecule has 2 amide bonds. The van der Waals surface area contributed by atoms with Gasteiger partial charge < -0.3 is 10.2 Å². The van der Waals surface area contributed by atoms with Gasteiger partial charge in [-0.1, -0.05) is 20.8 Å². The van der Waals surface area contributed by atoms with Crippen LogP contribution in [0.5, 0.6) is 0 Å². The second-order valence-electron chi connectivity index (χ2n) is 6.34. The molecule has 0 saturated carbocycles. The Kier molecular flexibility index (Phi) is 4.08. The predicted molar refractivity (Wildman–Crippen MR) is 72.1 cm³/mol. The zero-order valence-corrected chi connectivity index (χ0v) is 12.5. The Labute approximate surface area is 110 Å². The molecule has 1 unspecified atom stereocenters. The smallest absolute Gasteiger partial charge is 0.248 e. The molecule has 0 aromatic carbocycles. The van der Waals surface area contributed by atoms with Gasteiger partial charge >= 0.3 is 0 Å². The molecule has 1 aliphatic heterocycles. The van der Waals surface area contributed by atoms with Gasteiger partial charge in [-0.2, -0.15) is 0 Å². The van der Waals surface area contributed by atoms with Crippen molar-refractivity contribution in [1.29, 1.82) is 0 Å². The van der Waals surface area contributed by atoms with Crippen LogP contribution in [0.25, 0.3) is 0 Å². The Morgan fingerprint density at radius 3 is 2.22 bits per heavy atom. The number of amides is 2. The van der Waals surface area contributed by atoms with Crippen molar-refractivity contribution in [2.75, 3.05) is 6.54 Å². The highest BCUT2D eigenvalue weighted by Gasteiger charge is 2.51. The molecular formula is C14H26N2O2. The molecule has 4 nitrogen and oxygen atoms in total. The van der Waals surface area contributed by atoms with Crippen LogP contribution in [-0.4, -0.2) is 34.3 Å². The van der Waals surface area contributed by atoms with Crippen molar-refractivity contribution in [3.63, 3.8) is 0 Å². The van der Waals surface area contributed by atoms with Gasteiger partial charge in [0, 0.05) is 6.54 Å². The van der Waals surface area contributed by atoms with Crippen molar-refractivity contribution in [1.82, 2.24) is 10.2 Å². The zero-order chi connectivity index (χ0) is 14.1. The quantitative estimate of drug-likeness (QED) is 0.833. The normalized spacial score (nSPS) is 27.6. The summed E-state index contributed by atoms with van der Waals surface area (Å²) in [6.07, 6.45) is 1.54. The molecular weight excluding hydrogens is 228 g/mol. The number of nitrogens with one attached hydrogen (secondary N) is 1. The van der Waals surface area contributed by atoms with E-state index in [1.165, 1.54) is 0 Å². The van der Waals surface area contributed by atoms with Crippen LogP contribution in [0.1, 0.15) is 54.4 Å². The van der Waals surface area contributed by atoms with Crippen molar-refractivity contribution in [2.45, 2.75) is 65.5 Å². The van der Waals surface area contributed by atoms with Gasteiger partial charge in [0.05, 0.1) is 0 Å². The number of carbonyl (C=O) groups excluding carboxylic acids is 2. The first-order valence-electron chi connectivity index (χ1n) is 6.80. The molecule has 1 saturated heterocycles.